The molecule has 0 spiro atoms. The predicted molar refractivity (Wildman–Crippen MR) is 106 cm³/mol. The highest BCUT2D eigenvalue weighted by molar-refractivity contribution is 6.04. The Morgan fingerprint density at radius 2 is 2.04 bits per heavy atom. The Morgan fingerprint density at radius 3 is 2.74 bits per heavy atom. The topological polar surface area (TPSA) is 56.8 Å². The van der Waals surface area contributed by atoms with Gasteiger partial charge in [-0.3, -0.25) is 4.79 Å². The fraction of sp³-hybridized carbons (Fsp3) is 0.409. The summed E-state index contributed by atoms with van der Waals surface area (Å²) in [6, 6.07) is 14.6. The fourth-order valence-corrected chi connectivity index (χ4v) is 2.83. The number of rotatable bonds is 8. The number of benzene rings is 2. The molecule has 0 saturated carbocycles. The lowest BCUT2D eigenvalue weighted by atomic mass is 10.2. The molecule has 1 aliphatic heterocycles. The Hall–Kier alpha value is -2.53. The third-order valence-electron chi connectivity index (χ3n) is 4.58. The maximum Gasteiger partial charge on any atom is 0.255 e. The minimum Gasteiger partial charge on any atom is -0.491 e. The summed E-state index contributed by atoms with van der Waals surface area (Å²) in [7, 11) is 0. The molecule has 1 N–H and O–H groups in total. The Morgan fingerprint density at radius 1 is 1.22 bits per heavy atom. The summed E-state index contributed by atoms with van der Waals surface area (Å²) in [6.07, 6.45) is 3.37. The fourth-order valence-electron chi connectivity index (χ4n) is 2.83. The van der Waals surface area contributed by atoms with Crippen molar-refractivity contribution in [2.45, 2.75) is 45.3 Å². The highest BCUT2D eigenvalue weighted by Crippen LogP contribution is 2.20. The molecule has 2 aromatic carbocycles. The van der Waals surface area contributed by atoms with Crippen LogP contribution in [0.2, 0.25) is 0 Å². The average molecular weight is 369 g/mol. The number of amides is 1. The summed E-state index contributed by atoms with van der Waals surface area (Å²) in [6.45, 7) is 5.46. The normalized spacial score (nSPS) is 17.3. The first kappa shape index (κ1) is 19.2. The lowest BCUT2D eigenvalue weighted by Crippen LogP contribution is -2.16. The number of ether oxygens (including phenoxy) is 3. The van der Waals surface area contributed by atoms with Crippen LogP contribution in [0.4, 0.5) is 5.69 Å². The van der Waals surface area contributed by atoms with Gasteiger partial charge in [0.1, 0.15) is 18.1 Å². The molecule has 1 heterocycles. The molecule has 5 nitrogen and oxygen atoms in total. The molecule has 1 fully saturated rings. The largest absolute Gasteiger partial charge is 0.491 e. The minimum atomic E-state index is -0.169. The van der Waals surface area contributed by atoms with Gasteiger partial charge < -0.3 is 19.5 Å². The van der Waals surface area contributed by atoms with Crippen molar-refractivity contribution < 1.29 is 19.0 Å². The van der Waals surface area contributed by atoms with Crippen molar-refractivity contribution in [2.24, 2.45) is 0 Å². The van der Waals surface area contributed by atoms with E-state index in [9.17, 15) is 4.79 Å². The molecule has 0 bridgehead atoms. The molecule has 27 heavy (non-hydrogen) atoms. The van der Waals surface area contributed by atoms with Gasteiger partial charge in [0.05, 0.1) is 12.2 Å². The summed E-state index contributed by atoms with van der Waals surface area (Å²) < 4.78 is 17.1. The molecule has 144 valence electrons. The van der Waals surface area contributed by atoms with Crippen molar-refractivity contribution in [3.63, 3.8) is 0 Å². The summed E-state index contributed by atoms with van der Waals surface area (Å²) >= 11 is 0. The predicted octanol–water partition coefficient (Wildman–Crippen LogP) is 4.67. The Bertz CT molecular complexity index is 738. The van der Waals surface area contributed by atoms with E-state index in [0.717, 1.165) is 37.3 Å². The standard InChI is InChI=1S/C22H27NO4/c1-3-16(2)27-20-7-4-6-17(14-20)22(24)23-18-9-11-19(12-10-18)26-15-21-8-5-13-25-21/h4,6-7,9-12,14,16,21H,3,5,8,13,15H2,1-2H3,(H,23,24). The van der Waals surface area contributed by atoms with Crippen LogP contribution in [0.5, 0.6) is 11.5 Å². The van der Waals surface area contributed by atoms with Crippen LogP contribution in [0.3, 0.4) is 0 Å². The van der Waals surface area contributed by atoms with E-state index < -0.39 is 0 Å². The highest BCUT2D eigenvalue weighted by atomic mass is 16.5. The SMILES string of the molecule is CCC(C)Oc1cccc(C(=O)Nc2ccc(OCC3CCCO3)cc2)c1. The van der Waals surface area contributed by atoms with Crippen LogP contribution in [-0.4, -0.2) is 31.3 Å². The van der Waals surface area contributed by atoms with Gasteiger partial charge in [-0.05, 0) is 68.7 Å². The maximum atomic E-state index is 12.5. The first-order chi connectivity index (χ1) is 13.1. The molecule has 1 saturated heterocycles. The third kappa shape index (κ3) is 5.73. The van der Waals surface area contributed by atoms with Crippen molar-refractivity contribution in [3.05, 3.63) is 54.1 Å². The Kier molecular flexibility index (Phi) is 6.71. The number of anilines is 1. The van der Waals surface area contributed by atoms with Gasteiger partial charge in [-0.15, -0.1) is 0 Å². The zero-order chi connectivity index (χ0) is 19.1. The maximum absolute atomic E-state index is 12.5. The number of hydrogen-bond donors (Lipinski definition) is 1. The Balaban J connectivity index is 1.55. The first-order valence-electron chi connectivity index (χ1n) is 9.56. The zero-order valence-corrected chi connectivity index (χ0v) is 15.9. The summed E-state index contributed by atoms with van der Waals surface area (Å²) in [5, 5.41) is 2.90. The molecule has 2 aromatic rings. The Labute approximate surface area is 160 Å². The molecule has 0 aliphatic carbocycles. The first-order valence-corrected chi connectivity index (χ1v) is 9.56. The molecular formula is C22H27NO4. The van der Waals surface area contributed by atoms with E-state index in [0.29, 0.717) is 17.9 Å². The van der Waals surface area contributed by atoms with E-state index in [1.165, 1.54) is 0 Å². The second kappa shape index (κ2) is 9.42. The minimum absolute atomic E-state index is 0.116. The molecule has 3 rings (SSSR count). The van der Waals surface area contributed by atoms with Crippen LogP contribution in [0.25, 0.3) is 0 Å². The van der Waals surface area contributed by atoms with Gasteiger partial charge in [0, 0.05) is 17.9 Å². The van der Waals surface area contributed by atoms with E-state index in [2.05, 4.69) is 12.2 Å². The van der Waals surface area contributed by atoms with Crippen LogP contribution in [-0.2, 0) is 4.74 Å². The van der Waals surface area contributed by atoms with Gasteiger partial charge >= 0.3 is 0 Å². The van der Waals surface area contributed by atoms with Crippen LogP contribution in [0, 0.1) is 0 Å². The van der Waals surface area contributed by atoms with E-state index in [4.69, 9.17) is 14.2 Å². The molecule has 0 radical (unpaired) electrons. The number of hydrogen-bond acceptors (Lipinski definition) is 4. The van der Waals surface area contributed by atoms with Crippen molar-refractivity contribution in [1.29, 1.82) is 0 Å². The third-order valence-corrected chi connectivity index (χ3v) is 4.58. The second-order valence-electron chi connectivity index (χ2n) is 6.79. The van der Waals surface area contributed by atoms with E-state index >= 15 is 0 Å². The van der Waals surface area contributed by atoms with E-state index in [1.807, 2.05) is 43.3 Å². The molecule has 2 atom stereocenters. The highest BCUT2D eigenvalue weighted by Gasteiger charge is 2.16. The lowest BCUT2D eigenvalue weighted by Gasteiger charge is -2.14. The van der Waals surface area contributed by atoms with Crippen molar-refractivity contribution >= 4 is 11.6 Å². The van der Waals surface area contributed by atoms with Crippen molar-refractivity contribution in [2.75, 3.05) is 18.5 Å². The monoisotopic (exact) mass is 369 g/mol. The lowest BCUT2D eigenvalue weighted by molar-refractivity contribution is 0.0679. The smallest absolute Gasteiger partial charge is 0.255 e. The van der Waals surface area contributed by atoms with Gasteiger partial charge in [0.15, 0.2) is 0 Å². The van der Waals surface area contributed by atoms with Crippen LogP contribution in [0.1, 0.15) is 43.5 Å². The van der Waals surface area contributed by atoms with Gasteiger partial charge in [-0.25, -0.2) is 0 Å². The van der Waals surface area contributed by atoms with Crippen molar-refractivity contribution in [1.82, 2.24) is 0 Å². The van der Waals surface area contributed by atoms with Gasteiger partial charge in [0.2, 0.25) is 0 Å². The summed E-state index contributed by atoms with van der Waals surface area (Å²) in [5.41, 5.74) is 1.28. The van der Waals surface area contributed by atoms with Gasteiger partial charge in [0.25, 0.3) is 5.91 Å². The summed E-state index contributed by atoms with van der Waals surface area (Å²) in [4.78, 5) is 12.5. The number of nitrogens with one attached hydrogen (secondary N) is 1. The van der Waals surface area contributed by atoms with Crippen LogP contribution < -0.4 is 14.8 Å². The second-order valence-corrected chi connectivity index (χ2v) is 6.79. The van der Waals surface area contributed by atoms with Crippen LogP contribution >= 0.6 is 0 Å². The molecular weight excluding hydrogens is 342 g/mol. The molecule has 1 aliphatic rings. The summed E-state index contributed by atoms with van der Waals surface area (Å²) in [5.74, 6) is 1.31. The molecule has 0 aromatic heterocycles. The quantitative estimate of drug-likeness (QED) is 0.734. The molecule has 2 unspecified atom stereocenters. The van der Waals surface area contributed by atoms with Crippen LogP contribution in [0.15, 0.2) is 48.5 Å². The molecule has 1 amide bonds. The van der Waals surface area contributed by atoms with Gasteiger partial charge in [-0.2, -0.15) is 0 Å². The van der Waals surface area contributed by atoms with Crippen molar-refractivity contribution in [3.8, 4) is 11.5 Å². The number of carbonyl (C=O) groups is 1. The van der Waals surface area contributed by atoms with E-state index in [1.54, 1.807) is 12.1 Å². The van der Waals surface area contributed by atoms with E-state index in [-0.39, 0.29) is 18.1 Å². The zero-order valence-electron chi connectivity index (χ0n) is 15.9. The average Bonchev–Trinajstić information content (AvgIpc) is 3.21. The molecule has 5 heteroatoms. The number of carbonyl (C=O) groups excluding carboxylic acids is 1. The van der Waals surface area contributed by atoms with Gasteiger partial charge in [-0.1, -0.05) is 13.0 Å².